The van der Waals surface area contributed by atoms with Crippen LogP contribution in [0, 0.1) is 0 Å². The number of carbonyl (C=O) groups is 1. The molecular formula is C20H20ClN5O. The van der Waals surface area contributed by atoms with Crippen LogP contribution in [-0.4, -0.2) is 33.8 Å². The van der Waals surface area contributed by atoms with Crippen LogP contribution in [0.3, 0.4) is 0 Å². The Labute approximate surface area is 162 Å². The quantitative estimate of drug-likeness (QED) is 0.735. The number of amides is 1. The fourth-order valence-corrected chi connectivity index (χ4v) is 3.28. The molecule has 3 aromatic rings. The third-order valence-electron chi connectivity index (χ3n) is 4.63. The summed E-state index contributed by atoms with van der Waals surface area (Å²) in [5.41, 5.74) is 2.40. The average molecular weight is 382 g/mol. The summed E-state index contributed by atoms with van der Waals surface area (Å²) >= 11 is 5.91. The van der Waals surface area contributed by atoms with E-state index in [1.54, 1.807) is 35.4 Å². The molecule has 0 unspecified atom stereocenters. The number of hydrogen-bond donors (Lipinski definition) is 1. The van der Waals surface area contributed by atoms with E-state index in [9.17, 15) is 4.79 Å². The van der Waals surface area contributed by atoms with E-state index in [1.807, 2.05) is 24.3 Å². The Hall–Kier alpha value is -2.86. The highest BCUT2D eigenvalue weighted by Gasteiger charge is 2.14. The summed E-state index contributed by atoms with van der Waals surface area (Å²) in [6.45, 7) is 2.55. The van der Waals surface area contributed by atoms with Crippen LogP contribution in [0.15, 0.2) is 55.0 Å². The van der Waals surface area contributed by atoms with Crippen LogP contribution in [0.2, 0.25) is 5.02 Å². The minimum atomic E-state index is -0.158. The van der Waals surface area contributed by atoms with Crippen molar-refractivity contribution in [3.8, 4) is 5.69 Å². The second kappa shape index (κ2) is 7.80. The molecule has 4 rings (SSSR count). The van der Waals surface area contributed by atoms with Crippen molar-refractivity contribution >= 4 is 23.3 Å². The average Bonchev–Trinajstić information content (AvgIpc) is 3.39. The molecule has 1 aliphatic rings. The highest BCUT2D eigenvalue weighted by molar-refractivity contribution is 6.30. The maximum absolute atomic E-state index is 12.4. The Balaban J connectivity index is 1.40. The number of halogens is 1. The first-order valence-electron chi connectivity index (χ1n) is 8.98. The van der Waals surface area contributed by atoms with E-state index >= 15 is 0 Å². The Morgan fingerprint density at radius 3 is 2.70 bits per heavy atom. The first-order chi connectivity index (χ1) is 13.2. The second-order valence-corrected chi connectivity index (χ2v) is 6.99. The van der Waals surface area contributed by atoms with Crippen molar-refractivity contribution in [1.29, 1.82) is 0 Å². The van der Waals surface area contributed by atoms with Crippen molar-refractivity contribution in [3.63, 3.8) is 0 Å². The topological polar surface area (TPSA) is 63.1 Å². The zero-order chi connectivity index (χ0) is 18.6. The fraction of sp³-hybridized carbons (Fsp3) is 0.250. The minimum Gasteiger partial charge on any atom is -0.357 e. The molecule has 1 aliphatic heterocycles. The Morgan fingerprint density at radius 1 is 1.15 bits per heavy atom. The molecule has 7 heteroatoms. The molecule has 138 valence electrons. The van der Waals surface area contributed by atoms with Gasteiger partial charge in [0.2, 0.25) is 0 Å². The van der Waals surface area contributed by atoms with Crippen molar-refractivity contribution in [2.24, 2.45) is 0 Å². The van der Waals surface area contributed by atoms with E-state index in [1.165, 1.54) is 12.8 Å². The van der Waals surface area contributed by atoms with Gasteiger partial charge in [-0.25, -0.2) is 9.67 Å². The molecule has 1 amide bonds. The van der Waals surface area contributed by atoms with E-state index in [0.717, 1.165) is 30.2 Å². The molecule has 27 heavy (non-hydrogen) atoms. The first kappa shape index (κ1) is 17.5. The molecule has 0 radical (unpaired) electrons. The lowest BCUT2D eigenvalue weighted by Crippen LogP contribution is -2.23. The van der Waals surface area contributed by atoms with Gasteiger partial charge in [-0.1, -0.05) is 11.6 Å². The highest BCUT2D eigenvalue weighted by Crippen LogP contribution is 2.18. The lowest BCUT2D eigenvalue weighted by atomic mass is 10.2. The number of nitrogens with zero attached hydrogens (tertiary/aromatic N) is 4. The molecular weight excluding hydrogens is 362 g/mol. The molecule has 1 fully saturated rings. The number of aromatic nitrogens is 3. The lowest BCUT2D eigenvalue weighted by Gasteiger charge is -2.16. The van der Waals surface area contributed by atoms with Gasteiger partial charge in [0, 0.05) is 37.1 Å². The van der Waals surface area contributed by atoms with Gasteiger partial charge in [0.25, 0.3) is 5.91 Å². The Morgan fingerprint density at radius 2 is 1.93 bits per heavy atom. The zero-order valence-corrected chi connectivity index (χ0v) is 15.6. The van der Waals surface area contributed by atoms with Crippen molar-refractivity contribution in [1.82, 2.24) is 20.1 Å². The normalized spacial score (nSPS) is 13.7. The van der Waals surface area contributed by atoms with Gasteiger partial charge in [-0.15, -0.1) is 0 Å². The summed E-state index contributed by atoms with van der Waals surface area (Å²) in [7, 11) is 0. The number of nitrogens with one attached hydrogen (secondary N) is 1. The van der Waals surface area contributed by atoms with Crippen LogP contribution < -0.4 is 10.2 Å². The third kappa shape index (κ3) is 4.11. The summed E-state index contributed by atoms with van der Waals surface area (Å²) in [6, 6.07) is 11.3. The fourth-order valence-electron chi connectivity index (χ4n) is 3.15. The predicted octanol–water partition coefficient (Wildman–Crippen LogP) is 3.45. The molecule has 0 aliphatic carbocycles. The molecule has 0 bridgehead atoms. The van der Waals surface area contributed by atoms with Gasteiger partial charge in [0.1, 0.15) is 5.82 Å². The Kier molecular flexibility index (Phi) is 5.07. The Bertz CT molecular complexity index is 932. The van der Waals surface area contributed by atoms with Crippen molar-refractivity contribution in [2.75, 3.05) is 18.0 Å². The van der Waals surface area contributed by atoms with Crippen LogP contribution in [0.1, 0.15) is 28.8 Å². The SMILES string of the molecule is O=C(NCc1ccnc(N2CCCC2)c1)c1cnn(-c2ccc(Cl)cc2)c1. The largest absolute Gasteiger partial charge is 0.357 e. The maximum Gasteiger partial charge on any atom is 0.254 e. The van der Waals surface area contributed by atoms with Gasteiger partial charge in [0.05, 0.1) is 17.4 Å². The maximum atomic E-state index is 12.4. The van der Waals surface area contributed by atoms with Crippen LogP contribution >= 0.6 is 11.6 Å². The number of rotatable bonds is 5. The number of hydrogen-bond acceptors (Lipinski definition) is 4. The molecule has 1 N–H and O–H groups in total. The van der Waals surface area contributed by atoms with Crippen LogP contribution in [0.5, 0.6) is 0 Å². The minimum absolute atomic E-state index is 0.158. The summed E-state index contributed by atoms with van der Waals surface area (Å²) in [5, 5.41) is 7.86. The molecule has 3 heterocycles. The monoisotopic (exact) mass is 381 g/mol. The molecule has 1 aromatic carbocycles. The smallest absolute Gasteiger partial charge is 0.254 e. The molecule has 0 saturated carbocycles. The van der Waals surface area contributed by atoms with Crippen LogP contribution in [0.25, 0.3) is 5.69 Å². The van der Waals surface area contributed by atoms with E-state index < -0.39 is 0 Å². The standard InChI is InChI=1S/C20H20ClN5O/c21-17-3-5-18(6-4-17)26-14-16(13-24-26)20(27)23-12-15-7-8-22-19(11-15)25-9-1-2-10-25/h3-8,11,13-14H,1-2,9-10,12H2,(H,23,27). The van der Waals surface area contributed by atoms with E-state index in [-0.39, 0.29) is 5.91 Å². The van der Waals surface area contributed by atoms with Crippen LogP contribution in [0.4, 0.5) is 5.82 Å². The number of pyridine rings is 1. The lowest BCUT2D eigenvalue weighted by molar-refractivity contribution is 0.0951. The van der Waals surface area contributed by atoms with Gasteiger partial charge in [-0.05, 0) is 54.8 Å². The van der Waals surface area contributed by atoms with Crippen molar-refractivity contribution in [2.45, 2.75) is 19.4 Å². The third-order valence-corrected chi connectivity index (χ3v) is 4.88. The summed E-state index contributed by atoms with van der Waals surface area (Å²) in [5.74, 6) is 0.824. The summed E-state index contributed by atoms with van der Waals surface area (Å²) < 4.78 is 1.66. The van der Waals surface area contributed by atoms with E-state index in [0.29, 0.717) is 17.1 Å². The molecule has 2 aromatic heterocycles. The number of carbonyl (C=O) groups excluding carboxylic acids is 1. The van der Waals surface area contributed by atoms with Gasteiger partial charge in [-0.2, -0.15) is 5.10 Å². The summed E-state index contributed by atoms with van der Waals surface area (Å²) in [6.07, 6.45) is 7.49. The highest BCUT2D eigenvalue weighted by atomic mass is 35.5. The van der Waals surface area contributed by atoms with Gasteiger partial charge in [0.15, 0.2) is 0 Å². The van der Waals surface area contributed by atoms with Gasteiger partial charge < -0.3 is 10.2 Å². The van der Waals surface area contributed by atoms with E-state index in [4.69, 9.17) is 11.6 Å². The zero-order valence-electron chi connectivity index (χ0n) is 14.8. The molecule has 0 atom stereocenters. The van der Waals surface area contributed by atoms with Crippen LogP contribution in [-0.2, 0) is 6.54 Å². The number of anilines is 1. The first-order valence-corrected chi connectivity index (χ1v) is 9.35. The van der Waals surface area contributed by atoms with Crippen molar-refractivity contribution in [3.05, 3.63) is 71.1 Å². The number of benzene rings is 1. The summed E-state index contributed by atoms with van der Waals surface area (Å²) in [4.78, 5) is 19.2. The predicted molar refractivity (Wildman–Crippen MR) is 105 cm³/mol. The van der Waals surface area contributed by atoms with Gasteiger partial charge >= 0.3 is 0 Å². The van der Waals surface area contributed by atoms with Crippen molar-refractivity contribution < 1.29 is 4.79 Å². The molecule has 1 saturated heterocycles. The molecule has 0 spiro atoms. The second-order valence-electron chi connectivity index (χ2n) is 6.55. The molecule has 6 nitrogen and oxygen atoms in total. The van der Waals surface area contributed by atoms with E-state index in [2.05, 4.69) is 20.3 Å². The van der Waals surface area contributed by atoms with Gasteiger partial charge in [-0.3, -0.25) is 4.79 Å².